The summed E-state index contributed by atoms with van der Waals surface area (Å²) in [6.07, 6.45) is 4.78. The van der Waals surface area contributed by atoms with Gasteiger partial charge in [0.1, 0.15) is 17.3 Å². The van der Waals surface area contributed by atoms with E-state index in [0.29, 0.717) is 5.75 Å². The van der Waals surface area contributed by atoms with Crippen LogP contribution in [0, 0.1) is 0 Å². The van der Waals surface area contributed by atoms with Crippen molar-refractivity contribution in [3.8, 4) is 11.5 Å². The fraction of sp³-hybridized carbons (Fsp3) is 0.407. The first-order valence-corrected chi connectivity index (χ1v) is 12.2. The molecule has 0 bridgehead atoms. The number of hydrogen-bond acceptors (Lipinski definition) is 6. The molecule has 0 aromatic heterocycles. The smallest absolute Gasteiger partial charge is 0.295 e. The van der Waals surface area contributed by atoms with E-state index in [1.54, 1.807) is 11.0 Å². The van der Waals surface area contributed by atoms with E-state index in [4.69, 9.17) is 21.1 Å². The third-order valence-corrected chi connectivity index (χ3v) is 7.20. The van der Waals surface area contributed by atoms with Crippen LogP contribution in [0.15, 0.2) is 42.0 Å². The third-order valence-electron chi connectivity index (χ3n) is 6.90. The molecule has 2 aromatic carbocycles. The third kappa shape index (κ3) is 4.57. The molecular weight excluding hydrogens is 468 g/mol. The quantitative estimate of drug-likeness (QED) is 0.336. The van der Waals surface area contributed by atoms with Gasteiger partial charge < -0.3 is 24.4 Å². The molecule has 1 saturated carbocycles. The van der Waals surface area contributed by atoms with Gasteiger partial charge in [0.2, 0.25) is 0 Å². The summed E-state index contributed by atoms with van der Waals surface area (Å²) in [5, 5.41) is 11.7. The van der Waals surface area contributed by atoms with E-state index in [0.717, 1.165) is 43.4 Å². The first-order valence-electron chi connectivity index (χ1n) is 11.8. The molecule has 0 radical (unpaired) electrons. The summed E-state index contributed by atoms with van der Waals surface area (Å²) in [7, 11) is 6.83. The van der Waals surface area contributed by atoms with Crippen molar-refractivity contribution in [1.82, 2.24) is 4.90 Å². The average molecular weight is 499 g/mol. The van der Waals surface area contributed by atoms with Crippen LogP contribution >= 0.6 is 11.6 Å². The summed E-state index contributed by atoms with van der Waals surface area (Å²) < 4.78 is 10.7. The average Bonchev–Trinajstić information content (AvgIpc) is 3.14. The zero-order valence-corrected chi connectivity index (χ0v) is 21.3. The highest BCUT2D eigenvalue weighted by molar-refractivity contribution is 6.46. The maximum Gasteiger partial charge on any atom is 0.295 e. The van der Waals surface area contributed by atoms with Crippen LogP contribution in [0.25, 0.3) is 5.76 Å². The molecule has 1 aliphatic carbocycles. The van der Waals surface area contributed by atoms with Crippen LogP contribution in [-0.4, -0.2) is 56.1 Å². The van der Waals surface area contributed by atoms with Crippen molar-refractivity contribution < 1.29 is 24.2 Å². The number of methoxy groups -OCH3 is 2. The van der Waals surface area contributed by atoms with Crippen LogP contribution in [0.5, 0.6) is 11.5 Å². The summed E-state index contributed by atoms with van der Waals surface area (Å²) in [6.45, 7) is 0. The Morgan fingerprint density at radius 3 is 2.20 bits per heavy atom. The van der Waals surface area contributed by atoms with Gasteiger partial charge in [-0.05, 0) is 36.6 Å². The number of Topliss-reactive ketones (excluding diaryl/α,β-unsaturated/α-hetero) is 1. The second-order valence-corrected chi connectivity index (χ2v) is 9.58. The van der Waals surface area contributed by atoms with Gasteiger partial charge >= 0.3 is 0 Å². The lowest BCUT2D eigenvalue weighted by Gasteiger charge is -2.35. The first kappa shape index (κ1) is 24.9. The van der Waals surface area contributed by atoms with Gasteiger partial charge in [-0.15, -0.1) is 0 Å². The molecule has 1 saturated heterocycles. The van der Waals surface area contributed by atoms with E-state index in [1.165, 1.54) is 20.3 Å². The highest BCUT2D eigenvalue weighted by Gasteiger charge is 2.49. The molecule has 1 aliphatic heterocycles. The largest absolute Gasteiger partial charge is 0.507 e. The molecule has 0 spiro atoms. The maximum absolute atomic E-state index is 13.4. The number of amides is 1. The second kappa shape index (κ2) is 10.2. The molecule has 1 heterocycles. The van der Waals surface area contributed by atoms with Gasteiger partial charge in [-0.1, -0.05) is 43.0 Å². The predicted molar refractivity (Wildman–Crippen MR) is 136 cm³/mol. The second-order valence-electron chi connectivity index (χ2n) is 9.17. The number of carbonyl (C=O) groups is 2. The van der Waals surface area contributed by atoms with Crippen LogP contribution in [0.4, 0.5) is 5.69 Å². The molecule has 35 heavy (non-hydrogen) atoms. The number of aliphatic hydroxyl groups excluding tert-OH is 1. The van der Waals surface area contributed by atoms with E-state index in [1.807, 2.05) is 43.3 Å². The fourth-order valence-electron chi connectivity index (χ4n) is 5.06. The minimum absolute atomic E-state index is 0.0395. The van der Waals surface area contributed by atoms with Gasteiger partial charge in [-0.3, -0.25) is 9.59 Å². The minimum atomic E-state index is -0.708. The van der Waals surface area contributed by atoms with Crippen molar-refractivity contribution >= 4 is 34.7 Å². The summed E-state index contributed by atoms with van der Waals surface area (Å²) >= 11 is 6.34. The number of halogens is 1. The van der Waals surface area contributed by atoms with Crippen LogP contribution in [0.1, 0.15) is 49.3 Å². The molecule has 2 fully saturated rings. The van der Waals surface area contributed by atoms with Crippen molar-refractivity contribution in [3.05, 3.63) is 58.1 Å². The Morgan fingerprint density at radius 2 is 1.63 bits per heavy atom. The number of likely N-dealkylation sites (tertiary alicyclic amines) is 1. The number of benzene rings is 2. The molecule has 186 valence electrons. The SMILES string of the molecule is COc1cc(OC)c(/C(O)=C2\C(=O)C(=O)N(C3CCCCC3)C2c2ccc(N(C)C)cc2)cc1Cl. The topological polar surface area (TPSA) is 79.3 Å². The van der Waals surface area contributed by atoms with E-state index in [2.05, 4.69) is 0 Å². The zero-order valence-electron chi connectivity index (χ0n) is 20.5. The lowest BCUT2D eigenvalue weighted by Crippen LogP contribution is -2.40. The Labute approximate surface area is 210 Å². The Morgan fingerprint density at radius 1 is 1.00 bits per heavy atom. The molecule has 1 amide bonds. The number of carbonyl (C=O) groups excluding carboxylic acids is 2. The van der Waals surface area contributed by atoms with Gasteiger partial charge in [0.15, 0.2) is 0 Å². The first-order chi connectivity index (χ1) is 16.8. The number of aliphatic hydroxyl groups is 1. The lowest BCUT2D eigenvalue weighted by molar-refractivity contribution is -0.141. The van der Waals surface area contributed by atoms with Crippen molar-refractivity contribution in [3.63, 3.8) is 0 Å². The Kier molecular flexibility index (Phi) is 7.26. The molecule has 1 unspecified atom stereocenters. The zero-order chi connectivity index (χ0) is 25.3. The summed E-state index contributed by atoms with van der Waals surface area (Å²) in [5.74, 6) is -0.944. The van der Waals surface area contributed by atoms with Gasteiger partial charge in [0.25, 0.3) is 11.7 Å². The highest BCUT2D eigenvalue weighted by Crippen LogP contribution is 2.45. The van der Waals surface area contributed by atoms with Crippen LogP contribution in [-0.2, 0) is 9.59 Å². The van der Waals surface area contributed by atoms with E-state index >= 15 is 0 Å². The monoisotopic (exact) mass is 498 g/mol. The molecule has 1 N–H and O–H groups in total. The summed E-state index contributed by atoms with van der Waals surface area (Å²) in [5.41, 5.74) is 2.03. The number of hydrogen-bond donors (Lipinski definition) is 1. The standard InChI is InChI=1S/C27H31ClN2O5/c1-29(2)17-12-10-16(11-13-17)24-23(26(32)27(33)30(24)18-8-6-5-7-9-18)25(31)19-14-20(28)22(35-4)15-21(19)34-3/h10-15,18,24,31H,5-9H2,1-4H3/b25-23+. The summed E-state index contributed by atoms with van der Waals surface area (Å²) in [4.78, 5) is 30.5. The fourth-order valence-corrected chi connectivity index (χ4v) is 5.30. The Hall–Kier alpha value is -3.19. The van der Waals surface area contributed by atoms with Crippen molar-refractivity contribution in [2.45, 2.75) is 44.2 Å². The number of nitrogens with zero attached hydrogens (tertiary/aromatic N) is 2. The highest BCUT2D eigenvalue weighted by atomic mass is 35.5. The van der Waals surface area contributed by atoms with Crippen molar-refractivity contribution in [2.75, 3.05) is 33.2 Å². The molecular formula is C27H31ClN2O5. The lowest BCUT2D eigenvalue weighted by atomic mass is 9.90. The van der Waals surface area contributed by atoms with E-state index in [-0.39, 0.29) is 33.7 Å². The van der Waals surface area contributed by atoms with Crippen LogP contribution < -0.4 is 14.4 Å². The predicted octanol–water partition coefficient (Wildman–Crippen LogP) is 5.18. The van der Waals surface area contributed by atoms with Gasteiger partial charge in [0, 0.05) is 31.9 Å². The Bertz CT molecular complexity index is 1150. The molecule has 2 aromatic rings. The Balaban J connectivity index is 1.91. The van der Waals surface area contributed by atoms with Crippen molar-refractivity contribution in [2.24, 2.45) is 0 Å². The molecule has 1 atom stereocenters. The number of anilines is 1. The normalized spacial score (nSPS) is 20.3. The van der Waals surface area contributed by atoms with Crippen LogP contribution in [0.2, 0.25) is 5.02 Å². The van der Waals surface area contributed by atoms with E-state index in [9.17, 15) is 14.7 Å². The molecule has 4 rings (SSSR count). The van der Waals surface area contributed by atoms with Gasteiger partial charge in [-0.25, -0.2) is 0 Å². The number of ketones is 1. The van der Waals surface area contributed by atoms with Gasteiger partial charge in [0.05, 0.1) is 36.4 Å². The van der Waals surface area contributed by atoms with Crippen molar-refractivity contribution in [1.29, 1.82) is 0 Å². The summed E-state index contributed by atoms with van der Waals surface area (Å²) in [6, 6.07) is 9.98. The maximum atomic E-state index is 13.4. The number of rotatable bonds is 6. The van der Waals surface area contributed by atoms with Crippen LogP contribution in [0.3, 0.4) is 0 Å². The minimum Gasteiger partial charge on any atom is -0.507 e. The number of ether oxygens (including phenoxy) is 2. The van der Waals surface area contributed by atoms with E-state index < -0.39 is 17.7 Å². The molecule has 7 nitrogen and oxygen atoms in total. The molecule has 8 heteroatoms. The van der Waals surface area contributed by atoms with Gasteiger partial charge in [-0.2, -0.15) is 0 Å². The molecule has 2 aliphatic rings.